The first-order chi connectivity index (χ1) is 13.7. The molecule has 0 amide bonds. The van der Waals surface area contributed by atoms with Crippen LogP contribution < -0.4 is 4.72 Å². The number of benzene rings is 3. The molecule has 0 aliphatic carbocycles. The van der Waals surface area contributed by atoms with Crippen LogP contribution in [0.3, 0.4) is 0 Å². The Morgan fingerprint density at radius 2 is 1.55 bits per heavy atom. The molecule has 1 atom stereocenters. The molecule has 6 heteroatoms. The molecule has 0 bridgehead atoms. The van der Waals surface area contributed by atoms with Crippen LogP contribution in [0.5, 0.6) is 5.75 Å². The quantitative estimate of drug-likeness (QED) is 0.622. The number of nitrogens with one attached hydrogen (secondary N) is 1. The lowest BCUT2D eigenvalue weighted by atomic mass is 9.87. The van der Waals surface area contributed by atoms with E-state index in [2.05, 4.69) is 4.72 Å². The van der Waals surface area contributed by atoms with Gasteiger partial charge in [-0.15, -0.1) is 0 Å². The number of aromatic hydroxyl groups is 1. The average molecular weight is 414 g/mol. The molecule has 3 rings (SSSR count). The van der Waals surface area contributed by atoms with Crippen molar-refractivity contribution in [1.29, 1.82) is 0 Å². The number of hydrogen-bond acceptors (Lipinski definition) is 3. The van der Waals surface area contributed by atoms with Crippen LogP contribution in [-0.2, 0) is 10.0 Å². The first kappa shape index (κ1) is 21.0. The van der Waals surface area contributed by atoms with Gasteiger partial charge in [0, 0.05) is 18.0 Å². The molecule has 0 aliphatic rings. The van der Waals surface area contributed by atoms with Gasteiger partial charge in [-0.25, -0.2) is 17.5 Å². The van der Waals surface area contributed by atoms with Crippen molar-refractivity contribution in [2.24, 2.45) is 0 Å². The Balaban J connectivity index is 1.98. The number of aryl methyl sites for hydroxylation is 3. The van der Waals surface area contributed by atoms with E-state index >= 15 is 0 Å². The largest absolute Gasteiger partial charge is 0.508 e. The van der Waals surface area contributed by atoms with Crippen molar-refractivity contribution in [1.82, 2.24) is 4.72 Å². The molecular formula is C23H24FNO3S. The van der Waals surface area contributed by atoms with Crippen molar-refractivity contribution in [3.63, 3.8) is 0 Å². The van der Waals surface area contributed by atoms with Gasteiger partial charge >= 0.3 is 0 Å². The molecule has 0 saturated heterocycles. The predicted molar refractivity (Wildman–Crippen MR) is 112 cm³/mol. The molecular weight excluding hydrogens is 389 g/mol. The molecule has 0 fully saturated rings. The van der Waals surface area contributed by atoms with Crippen LogP contribution in [0.15, 0.2) is 65.6 Å². The first-order valence-corrected chi connectivity index (χ1v) is 10.8. The third-order valence-electron chi connectivity index (χ3n) is 4.94. The van der Waals surface area contributed by atoms with Crippen LogP contribution in [0.25, 0.3) is 0 Å². The summed E-state index contributed by atoms with van der Waals surface area (Å²) >= 11 is 0. The SMILES string of the molecule is Cc1ccc(S(=O)(=O)NC[C@@H](c2ccc(F)cc2)c2c(C)cc(C)cc2O)cc1. The lowest BCUT2D eigenvalue weighted by Crippen LogP contribution is -2.29. The van der Waals surface area contributed by atoms with Crippen molar-refractivity contribution in [3.8, 4) is 5.75 Å². The van der Waals surface area contributed by atoms with Gasteiger partial charge in [-0.3, -0.25) is 0 Å². The summed E-state index contributed by atoms with van der Waals surface area (Å²) in [6.07, 6.45) is 0. The summed E-state index contributed by atoms with van der Waals surface area (Å²) in [7, 11) is -3.74. The molecule has 0 aromatic heterocycles. The second-order valence-corrected chi connectivity index (χ2v) is 9.05. The molecule has 0 saturated carbocycles. The number of phenols is 1. The van der Waals surface area contributed by atoms with Crippen LogP contribution in [-0.4, -0.2) is 20.1 Å². The monoisotopic (exact) mass is 413 g/mol. The van der Waals surface area contributed by atoms with Gasteiger partial charge in [0.2, 0.25) is 10.0 Å². The van der Waals surface area contributed by atoms with Crippen molar-refractivity contribution in [2.45, 2.75) is 31.6 Å². The summed E-state index contributed by atoms with van der Waals surface area (Å²) in [6.45, 7) is 5.66. The van der Waals surface area contributed by atoms with E-state index in [1.54, 1.807) is 42.5 Å². The fourth-order valence-electron chi connectivity index (χ4n) is 3.49. The minimum absolute atomic E-state index is 0.0271. The van der Waals surface area contributed by atoms with Gasteiger partial charge in [-0.1, -0.05) is 35.9 Å². The molecule has 4 nitrogen and oxygen atoms in total. The third kappa shape index (κ3) is 4.83. The fourth-order valence-corrected chi connectivity index (χ4v) is 4.53. The standard InChI is InChI=1S/C23H24FNO3S/c1-15-4-10-20(11-5-15)29(27,28)25-14-21(18-6-8-19(24)9-7-18)23-17(3)12-16(2)13-22(23)26/h4-13,21,25-26H,14H2,1-3H3/t21-/m0/s1. The molecule has 3 aromatic carbocycles. The highest BCUT2D eigenvalue weighted by Gasteiger charge is 2.23. The van der Waals surface area contributed by atoms with E-state index in [1.165, 1.54) is 12.1 Å². The second kappa shape index (κ2) is 8.35. The minimum Gasteiger partial charge on any atom is -0.508 e. The third-order valence-corrected chi connectivity index (χ3v) is 6.38. The summed E-state index contributed by atoms with van der Waals surface area (Å²) in [4.78, 5) is 0.172. The highest BCUT2D eigenvalue weighted by atomic mass is 32.2. The summed E-state index contributed by atoms with van der Waals surface area (Å²) in [5.41, 5.74) is 4.04. The Morgan fingerprint density at radius 3 is 2.14 bits per heavy atom. The molecule has 3 aromatic rings. The molecule has 29 heavy (non-hydrogen) atoms. The van der Waals surface area contributed by atoms with Crippen LogP contribution in [0, 0.1) is 26.6 Å². The average Bonchev–Trinajstić information content (AvgIpc) is 2.65. The Morgan fingerprint density at radius 1 is 0.931 bits per heavy atom. The highest BCUT2D eigenvalue weighted by molar-refractivity contribution is 7.89. The Labute approximate surface area is 171 Å². The number of rotatable bonds is 6. The van der Waals surface area contributed by atoms with Crippen LogP contribution >= 0.6 is 0 Å². The molecule has 0 heterocycles. The van der Waals surface area contributed by atoms with E-state index in [-0.39, 0.29) is 23.0 Å². The van der Waals surface area contributed by atoms with E-state index in [1.807, 2.05) is 26.8 Å². The van der Waals surface area contributed by atoms with E-state index in [9.17, 15) is 17.9 Å². The molecule has 2 N–H and O–H groups in total. The van der Waals surface area contributed by atoms with Gasteiger partial charge in [-0.05, 0) is 67.8 Å². The van der Waals surface area contributed by atoms with Crippen LogP contribution in [0.2, 0.25) is 0 Å². The topological polar surface area (TPSA) is 66.4 Å². The number of phenolic OH excluding ortho intramolecular Hbond substituents is 1. The Hall–Kier alpha value is -2.70. The maximum absolute atomic E-state index is 13.4. The fraction of sp³-hybridized carbons (Fsp3) is 0.217. The Bertz CT molecular complexity index is 1080. The lowest BCUT2D eigenvalue weighted by Gasteiger charge is -2.22. The van der Waals surface area contributed by atoms with Gasteiger partial charge in [0.25, 0.3) is 0 Å². The summed E-state index contributed by atoms with van der Waals surface area (Å²) in [5.74, 6) is -0.764. The maximum atomic E-state index is 13.4. The van der Waals surface area contributed by atoms with E-state index in [0.717, 1.165) is 16.7 Å². The van der Waals surface area contributed by atoms with Gasteiger partial charge < -0.3 is 5.11 Å². The summed E-state index contributed by atoms with van der Waals surface area (Å²) in [6, 6.07) is 16.0. The second-order valence-electron chi connectivity index (χ2n) is 7.28. The smallest absolute Gasteiger partial charge is 0.240 e. The van der Waals surface area contributed by atoms with Crippen LogP contribution in [0.4, 0.5) is 4.39 Å². The van der Waals surface area contributed by atoms with Crippen molar-refractivity contribution in [2.75, 3.05) is 6.54 Å². The van der Waals surface area contributed by atoms with Crippen molar-refractivity contribution < 1.29 is 17.9 Å². The molecule has 152 valence electrons. The van der Waals surface area contributed by atoms with E-state index < -0.39 is 15.9 Å². The number of halogens is 1. The molecule has 0 radical (unpaired) electrons. The first-order valence-electron chi connectivity index (χ1n) is 9.29. The summed E-state index contributed by atoms with van der Waals surface area (Å²) in [5, 5.41) is 10.6. The minimum atomic E-state index is -3.74. The van der Waals surface area contributed by atoms with Crippen LogP contribution in [0.1, 0.15) is 33.7 Å². The zero-order chi connectivity index (χ0) is 21.2. The highest BCUT2D eigenvalue weighted by Crippen LogP contribution is 2.35. The van der Waals surface area contributed by atoms with Gasteiger partial charge in [-0.2, -0.15) is 0 Å². The van der Waals surface area contributed by atoms with Gasteiger partial charge in [0.1, 0.15) is 11.6 Å². The van der Waals surface area contributed by atoms with Gasteiger partial charge in [0.05, 0.1) is 4.90 Å². The molecule has 0 spiro atoms. The van der Waals surface area contributed by atoms with E-state index in [0.29, 0.717) is 11.1 Å². The molecule has 0 aliphatic heterocycles. The number of sulfonamides is 1. The van der Waals surface area contributed by atoms with Gasteiger partial charge in [0.15, 0.2) is 0 Å². The lowest BCUT2D eigenvalue weighted by molar-refractivity contribution is 0.462. The Kier molecular flexibility index (Phi) is 6.05. The normalized spacial score (nSPS) is 12.7. The van der Waals surface area contributed by atoms with Crippen molar-refractivity contribution >= 4 is 10.0 Å². The summed E-state index contributed by atoms with van der Waals surface area (Å²) < 4.78 is 41.6. The zero-order valence-electron chi connectivity index (χ0n) is 16.6. The maximum Gasteiger partial charge on any atom is 0.240 e. The van der Waals surface area contributed by atoms with Crippen molar-refractivity contribution in [3.05, 3.63) is 94.3 Å². The predicted octanol–water partition coefficient (Wildman–Crippen LogP) is 4.57. The van der Waals surface area contributed by atoms with E-state index in [4.69, 9.17) is 0 Å². The molecule has 0 unspecified atom stereocenters. The zero-order valence-corrected chi connectivity index (χ0v) is 17.4. The number of hydrogen-bond donors (Lipinski definition) is 2.